The SMILES string of the molecule is CC(C)(C)OC(=O)N1CCC(NCC(=O)NC2CC2)CC1. The minimum Gasteiger partial charge on any atom is -0.444 e. The fourth-order valence-electron chi connectivity index (χ4n) is 2.34. The van der Waals surface area contributed by atoms with Crippen LogP contribution in [0.5, 0.6) is 0 Å². The third-order valence-electron chi connectivity index (χ3n) is 3.64. The summed E-state index contributed by atoms with van der Waals surface area (Å²) in [6.07, 6.45) is 3.69. The highest BCUT2D eigenvalue weighted by Gasteiger charge is 2.27. The van der Waals surface area contributed by atoms with E-state index in [2.05, 4.69) is 10.6 Å². The van der Waals surface area contributed by atoms with E-state index in [0.29, 0.717) is 31.7 Å². The van der Waals surface area contributed by atoms with Crippen LogP contribution in [0.1, 0.15) is 46.5 Å². The van der Waals surface area contributed by atoms with E-state index in [1.165, 1.54) is 0 Å². The second kappa shape index (κ2) is 6.64. The van der Waals surface area contributed by atoms with E-state index in [1.54, 1.807) is 4.90 Å². The number of carbonyl (C=O) groups excluding carboxylic acids is 2. The third-order valence-corrected chi connectivity index (χ3v) is 3.64. The summed E-state index contributed by atoms with van der Waals surface area (Å²) in [5.74, 6) is 0.0760. The van der Waals surface area contributed by atoms with E-state index in [9.17, 15) is 9.59 Å². The van der Waals surface area contributed by atoms with E-state index in [4.69, 9.17) is 4.74 Å². The fourth-order valence-corrected chi connectivity index (χ4v) is 2.34. The number of hydrogen-bond acceptors (Lipinski definition) is 4. The van der Waals surface area contributed by atoms with Gasteiger partial charge in [0.05, 0.1) is 6.54 Å². The second-order valence-corrected chi connectivity index (χ2v) is 6.96. The molecule has 1 heterocycles. The lowest BCUT2D eigenvalue weighted by atomic mass is 10.1. The number of piperidine rings is 1. The van der Waals surface area contributed by atoms with Gasteiger partial charge >= 0.3 is 6.09 Å². The minimum atomic E-state index is -0.451. The molecule has 0 aromatic rings. The van der Waals surface area contributed by atoms with E-state index in [-0.39, 0.29) is 12.0 Å². The number of nitrogens with one attached hydrogen (secondary N) is 2. The summed E-state index contributed by atoms with van der Waals surface area (Å²) in [4.78, 5) is 25.3. The van der Waals surface area contributed by atoms with Gasteiger partial charge in [0.15, 0.2) is 0 Å². The second-order valence-electron chi connectivity index (χ2n) is 6.96. The Balaban J connectivity index is 1.63. The van der Waals surface area contributed by atoms with Gasteiger partial charge in [0.25, 0.3) is 0 Å². The first-order valence-corrected chi connectivity index (χ1v) is 7.84. The molecule has 0 aromatic heterocycles. The Morgan fingerprint density at radius 3 is 2.24 bits per heavy atom. The number of likely N-dealkylation sites (tertiary alicyclic amines) is 1. The molecule has 0 aromatic carbocycles. The lowest BCUT2D eigenvalue weighted by molar-refractivity contribution is -0.120. The number of hydrogen-bond donors (Lipinski definition) is 2. The van der Waals surface area contributed by atoms with Crippen LogP contribution in [0.25, 0.3) is 0 Å². The van der Waals surface area contributed by atoms with Crippen LogP contribution >= 0.6 is 0 Å². The van der Waals surface area contributed by atoms with Gasteiger partial charge in [0.2, 0.25) is 5.91 Å². The number of rotatable bonds is 4. The van der Waals surface area contributed by atoms with Crippen LogP contribution in [0.2, 0.25) is 0 Å². The van der Waals surface area contributed by atoms with Gasteiger partial charge in [-0.3, -0.25) is 4.79 Å². The zero-order valence-electron chi connectivity index (χ0n) is 13.3. The first-order chi connectivity index (χ1) is 9.83. The predicted molar refractivity (Wildman–Crippen MR) is 80.0 cm³/mol. The van der Waals surface area contributed by atoms with Gasteiger partial charge in [-0.05, 0) is 46.5 Å². The molecule has 1 aliphatic heterocycles. The molecule has 0 atom stereocenters. The van der Waals surface area contributed by atoms with Crippen molar-refractivity contribution in [2.24, 2.45) is 0 Å². The summed E-state index contributed by atoms with van der Waals surface area (Å²) in [7, 11) is 0. The fraction of sp³-hybridized carbons (Fsp3) is 0.867. The first-order valence-electron chi connectivity index (χ1n) is 7.84. The van der Waals surface area contributed by atoms with E-state index in [1.807, 2.05) is 20.8 Å². The van der Waals surface area contributed by atoms with Gasteiger partial charge in [0, 0.05) is 25.2 Å². The highest BCUT2D eigenvalue weighted by Crippen LogP contribution is 2.18. The summed E-state index contributed by atoms with van der Waals surface area (Å²) in [5.41, 5.74) is -0.451. The van der Waals surface area contributed by atoms with Crippen LogP contribution in [0, 0.1) is 0 Å². The Kier molecular flexibility index (Phi) is 5.08. The highest BCUT2D eigenvalue weighted by molar-refractivity contribution is 5.78. The Morgan fingerprint density at radius 1 is 1.10 bits per heavy atom. The summed E-state index contributed by atoms with van der Waals surface area (Å²) in [6.45, 7) is 7.34. The molecule has 0 radical (unpaired) electrons. The van der Waals surface area contributed by atoms with Crippen molar-refractivity contribution in [2.45, 2.75) is 64.1 Å². The Hall–Kier alpha value is -1.30. The lowest BCUT2D eigenvalue weighted by Crippen LogP contribution is -2.48. The molecule has 21 heavy (non-hydrogen) atoms. The molecular formula is C15H27N3O3. The molecule has 2 N–H and O–H groups in total. The monoisotopic (exact) mass is 297 g/mol. The topological polar surface area (TPSA) is 70.7 Å². The molecule has 6 heteroatoms. The summed E-state index contributed by atoms with van der Waals surface area (Å²) in [5, 5.41) is 6.23. The van der Waals surface area contributed by atoms with E-state index < -0.39 is 5.60 Å². The van der Waals surface area contributed by atoms with Crippen molar-refractivity contribution in [2.75, 3.05) is 19.6 Å². The van der Waals surface area contributed by atoms with Crippen molar-refractivity contribution in [1.29, 1.82) is 0 Å². The third kappa shape index (κ3) is 5.91. The number of carbonyl (C=O) groups is 2. The van der Waals surface area contributed by atoms with Crippen LogP contribution in [-0.2, 0) is 9.53 Å². The average molecular weight is 297 g/mol. The molecule has 0 bridgehead atoms. The molecule has 2 aliphatic rings. The molecule has 6 nitrogen and oxygen atoms in total. The molecule has 1 saturated carbocycles. The molecule has 2 rings (SSSR count). The smallest absolute Gasteiger partial charge is 0.410 e. The number of nitrogens with zero attached hydrogens (tertiary/aromatic N) is 1. The molecule has 120 valence electrons. The standard InChI is InChI=1S/C15H27N3O3/c1-15(2,3)21-14(20)18-8-6-11(7-9-18)16-10-13(19)17-12-4-5-12/h11-12,16H,4-10H2,1-3H3,(H,17,19). The van der Waals surface area contributed by atoms with Crippen LogP contribution < -0.4 is 10.6 Å². The molecule has 2 amide bonds. The zero-order valence-corrected chi connectivity index (χ0v) is 13.3. The largest absolute Gasteiger partial charge is 0.444 e. The molecule has 0 unspecified atom stereocenters. The maximum atomic E-state index is 11.9. The van der Waals surface area contributed by atoms with Crippen LogP contribution in [0.15, 0.2) is 0 Å². The number of amides is 2. The maximum Gasteiger partial charge on any atom is 0.410 e. The van der Waals surface area contributed by atoms with E-state index >= 15 is 0 Å². The summed E-state index contributed by atoms with van der Waals surface area (Å²) < 4.78 is 5.36. The highest BCUT2D eigenvalue weighted by atomic mass is 16.6. The van der Waals surface area contributed by atoms with Crippen molar-refractivity contribution in [3.05, 3.63) is 0 Å². The molecule has 2 fully saturated rings. The van der Waals surface area contributed by atoms with Gasteiger partial charge in [0.1, 0.15) is 5.60 Å². The molecule has 1 aliphatic carbocycles. The van der Waals surface area contributed by atoms with Gasteiger partial charge in [-0.15, -0.1) is 0 Å². The number of ether oxygens (including phenoxy) is 1. The average Bonchev–Trinajstić information content (AvgIpc) is 3.19. The molecule has 0 spiro atoms. The Labute approximate surface area is 126 Å². The minimum absolute atomic E-state index is 0.0760. The van der Waals surface area contributed by atoms with Crippen LogP contribution in [-0.4, -0.2) is 54.2 Å². The summed E-state index contributed by atoms with van der Waals surface area (Å²) >= 11 is 0. The predicted octanol–water partition coefficient (Wildman–Crippen LogP) is 1.25. The molecular weight excluding hydrogens is 270 g/mol. The van der Waals surface area contributed by atoms with Crippen molar-refractivity contribution >= 4 is 12.0 Å². The van der Waals surface area contributed by atoms with Gasteiger partial charge in [-0.2, -0.15) is 0 Å². The Morgan fingerprint density at radius 2 is 1.71 bits per heavy atom. The lowest BCUT2D eigenvalue weighted by Gasteiger charge is -2.33. The van der Waals surface area contributed by atoms with Gasteiger partial charge < -0.3 is 20.3 Å². The normalized spacial score (nSPS) is 20.2. The molecule has 1 saturated heterocycles. The van der Waals surface area contributed by atoms with Crippen molar-refractivity contribution in [1.82, 2.24) is 15.5 Å². The van der Waals surface area contributed by atoms with Gasteiger partial charge in [-0.25, -0.2) is 4.79 Å². The first kappa shape index (κ1) is 16.1. The van der Waals surface area contributed by atoms with Gasteiger partial charge in [-0.1, -0.05) is 0 Å². The van der Waals surface area contributed by atoms with Crippen molar-refractivity contribution in [3.8, 4) is 0 Å². The Bertz CT molecular complexity index is 380. The maximum absolute atomic E-state index is 11.9. The van der Waals surface area contributed by atoms with Crippen LogP contribution in [0.4, 0.5) is 4.79 Å². The van der Waals surface area contributed by atoms with Crippen molar-refractivity contribution < 1.29 is 14.3 Å². The summed E-state index contributed by atoms with van der Waals surface area (Å²) in [6, 6.07) is 0.710. The van der Waals surface area contributed by atoms with E-state index in [0.717, 1.165) is 25.7 Å². The quantitative estimate of drug-likeness (QED) is 0.819. The zero-order chi connectivity index (χ0) is 15.5. The van der Waals surface area contributed by atoms with Crippen LogP contribution in [0.3, 0.4) is 0 Å². The van der Waals surface area contributed by atoms with Crippen molar-refractivity contribution in [3.63, 3.8) is 0 Å².